The van der Waals surface area contributed by atoms with Crippen LogP contribution in [0.25, 0.3) is 0 Å². The molecule has 0 bridgehead atoms. The van der Waals surface area contributed by atoms with E-state index >= 15 is 0 Å². The smallest absolute Gasteiger partial charge is 0.335 e. The molecule has 58 valence electrons. The molecule has 0 unspecified atom stereocenters. The standard InChI is InChI=1S/C7H7NO2.Sm/c8-6-3-1-5(2-4-6)7(9)10;/h1-4H,8H2,(H,9,10);. The van der Waals surface area contributed by atoms with E-state index in [1.807, 2.05) is 0 Å². The van der Waals surface area contributed by atoms with E-state index in [9.17, 15) is 4.79 Å². The molecule has 0 spiro atoms. The predicted octanol–water partition coefficient (Wildman–Crippen LogP) is 0.967. The first kappa shape index (κ1) is 10.8. The largest absolute Gasteiger partial charge is 0.478 e. The SMILES string of the molecule is Nc1ccc(C(=O)O)cc1.[Sm]. The Balaban J connectivity index is 0.000001000. The van der Waals surface area contributed by atoms with Gasteiger partial charge < -0.3 is 10.8 Å². The molecule has 3 N–H and O–H groups in total. The van der Waals surface area contributed by atoms with Gasteiger partial charge in [0.05, 0.1) is 5.56 Å². The number of anilines is 1. The number of nitrogen functional groups attached to an aromatic ring is 1. The Morgan fingerprint density at radius 2 is 1.73 bits per heavy atom. The van der Waals surface area contributed by atoms with E-state index in [1.165, 1.54) is 12.1 Å². The van der Waals surface area contributed by atoms with E-state index in [-0.39, 0.29) is 46.0 Å². The van der Waals surface area contributed by atoms with Crippen LogP contribution in [0.15, 0.2) is 24.3 Å². The van der Waals surface area contributed by atoms with Gasteiger partial charge >= 0.3 is 5.97 Å². The van der Waals surface area contributed by atoms with Crippen LogP contribution in [-0.4, -0.2) is 11.1 Å². The minimum absolute atomic E-state index is 0. The molecular formula is C7H7NO2Sm. The molecule has 1 rings (SSSR count). The van der Waals surface area contributed by atoms with E-state index in [2.05, 4.69) is 0 Å². The number of benzene rings is 1. The Morgan fingerprint density at radius 3 is 2.09 bits per heavy atom. The zero-order chi connectivity index (χ0) is 7.56. The molecule has 0 fully saturated rings. The van der Waals surface area contributed by atoms with Gasteiger partial charge in [-0.05, 0) is 24.3 Å². The van der Waals surface area contributed by atoms with E-state index in [0.717, 1.165) is 0 Å². The fraction of sp³-hybridized carbons (Fsp3) is 0. The third-order valence-electron chi connectivity index (χ3n) is 1.16. The van der Waals surface area contributed by atoms with Gasteiger partial charge in [0, 0.05) is 46.1 Å². The summed E-state index contributed by atoms with van der Waals surface area (Å²) in [6.07, 6.45) is 0. The summed E-state index contributed by atoms with van der Waals surface area (Å²) in [6.45, 7) is 0. The van der Waals surface area contributed by atoms with E-state index in [4.69, 9.17) is 10.8 Å². The molecule has 0 radical (unpaired) electrons. The quantitative estimate of drug-likeness (QED) is 0.757. The Labute approximate surface area is 96.7 Å². The maximum Gasteiger partial charge on any atom is 0.335 e. The van der Waals surface area contributed by atoms with E-state index in [1.54, 1.807) is 12.1 Å². The summed E-state index contributed by atoms with van der Waals surface area (Å²) in [5, 5.41) is 8.43. The Hall–Kier alpha value is -0.172. The molecule has 11 heavy (non-hydrogen) atoms. The van der Waals surface area contributed by atoms with Crippen molar-refractivity contribution in [1.29, 1.82) is 0 Å². The fourth-order valence-corrected chi connectivity index (χ4v) is 0.626. The number of aromatic carboxylic acids is 1. The fourth-order valence-electron chi connectivity index (χ4n) is 0.626. The van der Waals surface area contributed by atoms with Gasteiger partial charge in [0.1, 0.15) is 0 Å². The molecule has 1 aromatic carbocycles. The van der Waals surface area contributed by atoms with Gasteiger partial charge in [-0.3, -0.25) is 0 Å². The number of carbonyl (C=O) groups is 1. The van der Waals surface area contributed by atoms with Crippen molar-refractivity contribution < 1.29 is 50.3 Å². The van der Waals surface area contributed by atoms with Crippen LogP contribution in [0.1, 0.15) is 10.4 Å². The summed E-state index contributed by atoms with van der Waals surface area (Å²) >= 11 is 0. The van der Waals surface area contributed by atoms with Crippen LogP contribution in [0.5, 0.6) is 0 Å². The Kier molecular flexibility index (Phi) is 4.58. The van der Waals surface area contributed by atoms with Crippen molar-refractivity contribution in [1.82, 2.24) is 0 Å². The Morgan fingerprint density at radius 1 is 1.27 bits per heavy atom. The second-order valence-corrected chi connectivity index (χ2v) is 1.93. The number of nitrogens with two attached hydrogens (primary N) is 1. The van der Waals surface area contributed by atoms with Crippen molar-refractivity contribution in [3.63, 3.8) is 0 Å². The van der Waals surface area contributed by atoms with Crippen LogP contribution in [-0.2, 0) is 0 Å². The molecule has 0 aliphatic rings. The molecule has 0 aliphatic heterocycles. The number of rotatable bonds is 1. The number of carboxylic acid groups (broad SMARTS) is 1. The molecule has 0 aromatic heterocycles. The minimum atomic E-state index is -0.931. The first-order valence-electron chi connectivity index (χ1n) is 2.79. The number of hydrogen-bond acceptors (Lipinski definition) is 2. The van der Waals surface area contributed by atoms with Crippen molar-refractivity contribution in [3.8, 4) is 0 Å². The van der Waals surface area contributed by atoms with Crippen molar-refractivity contribution in [2.24, 2.45) is 0 Å². The molecule has 1 aromatic rings. The van der Waals surface area contributed by atoms with Crippen LogP contribution < -0.4 is 5.73 Å². The third kappa shape index (κ3) is 3.15. The first-order chi connectivity index (χ1) is 4.70. The molecule has 0 aliphatic carbocycles. The second-order valence-electron chi connectivity index (χ2n) is 1.93. The van der Waals surface area contributed by atoms with Gasteiger partial charge in [0.15, 0.2) is 0 Å². The van der Waals surface area contributed by atoms with Crippen LogP contribution >= 0.6 is 0 Å². The Bertz CT molecular complexity index is 245. The summed E-state index contributed by atoms with van der Waals surface area (Å²) in [6, 6.07) is 6.06. The van der Waals surface area contributed by atoms with Crippen LogP contribution in [0.2, 0.25) is 0 Å². The van der Waals surface area contributed by atoms with Gasteiger partial charge in [-0.2, -0.15) is 0 Å². The number of hydrogen-bond donors (Lipinski definition) is 2. The van der Waals surface area contributed by atoms with Crippen molar-refractivity contribution in [3.05, 3.63) is 29.8 Å². The van der Waals surface area contributed by atoms with Crippen molar-refractivity contribution >= 4 is 11.7 Å². The molecule has 4 heteroatoms. The molecule has 0 saturated heterocycles. The van der Waals surface area contributed by atoms with E-state index in [0.29, 0.717) is 5.69 Å². The summed E-state index contributed by atoms with van der Waals surface area (Å²) in [7, 11) is 0. The maximum atomic E-state index is 10.3. The predicted molar refractivity (Wildman–Crippen MR) is 37.8 cm³/mol. The summed E-state index contributed by atoms with van der Waals surface area (Å²) in [5.41, 5.74) is 6.17. The average Bonchev–Trinajstić information content (AvgIpc) is 1.88. The van der Waals surface area contributed by atoms with Crippen LogP contribution in [0.4, 0.5) is 5.69 Å². The van der Waals surface area contributed by atoms with Gasteiger partial charge in [0.2, 0.25) is 0 Å². The van der Waals surface area contributed by atoms with Gasteiger partial charge in [-0.15, -0.1) is 0 Å². The first-order valence-corrected chi connectivity index (χ1v) is 2.79. The second kappa shape index (κ2) is 4.65. The zero-order valence-electron chi connectivity index (χ0n) is 5.65. The van der Waals surface area contributed by atoms with Crippen LogP contribution in [0.3, 0.4) is 0 Å². The van der Waals surface area contributed by atoms with Gasteiger partial charge in [0.25, 0.3) is 0 Å². The van der Waals surface area contributed by atoms with Crippen LogP contribution in [0, 0.1) is 40.4 Å². The molecule has 0 saturated carbocycles. The number of carboxylic acids is 1. The molecule has 3 nitrogen and oxygen atoms in total. The minimum Gasteiger partial charge on any atom is -0.478 e. The maximum absolute atomic E-state index is 10.3. The summed E-state index contributed by atoms with van der Waals surface area (Å²) in [5.74, 6) is -0.931. The molecule has 0 atom stereocenters. The monoisotopic (exact) mass is 289 g/mol. The topological polar surface area (TPSA) is 63.3 Å². The summed E-state index contributed by atoms with van der Waals surface area (Å²) in [4.78, 5) is 10.3. The zero-order valence-corrected chi connectivity index (χ0v) is 8.27. The average molecular weight is 287 g/mol. The summed E-state index contributed by atoms with van der Waals surface area (Å²) < 4.78 is 0. The van der Waals surface area contributed by atoms with Gasteiger partial charge in [-0.25, -0.2) is 4.79 Å². The third-order valence-corrected chi connectivity index (χ3v) is 1.16. The van der Waals surface area contributed by atoms with Gasteiger partial charge in [-0.1, -0.05) is 0 Å². The molecule has 0 amide bonds. The molecule has 0 heterocycles. The van der Waals surface area contributed by atoms with Crippen molar-refractivity contribution in [2.45, 2.75) is 0 Å². The molecular weight excluding hydrogens is 280 g/mol. The van der Waals surface area contributed by atoms with E-state index < -0.39 is 5.97 Å². The van der Waals surface area contributed by atoms with Crippen molar-refractivity contribution in [2.75, 3.05) is 5.73 Å². The normalized spacial score (nSPS) is 8.36.